The molecular weight excluding hydrogens is 317 g/mol. The van der Waals surface area contributed by atoms with Gasteiger partial charge in [0.1, 0.15) is 0 Å². The molecule has 0 saturated carbocycles. The van der Waals surface area contributed by atoms with Crippen molar-refractivity contribution in [2.45, 2.75) is 6.92 Å². The zero-order valence-electron chi connectivity index (χ0n) is 8.64. The Morgan fingerprint density at radius 2 is 2.00 bits per heavy atom. The number of hydrogen-bond acceptors (Lipinski definition) is 2. The minimum absolute atomic E-state index is 0.318. The maximum absolute atomic E-state index is 11.1. The molecule has 16 heavy (non-hydrogen) atoms. The van der Waals surface area contributed by atoms with Crippen molar-refractivity contribution in [3.63, 3.8) is 0 Å². The highest BCUT2D eigenvalue weighted by molar-refractivity contribution is 14.1. The molecule has 0 aliphatic heterocycles. The lowest BCUT2D eigenvalue weighted by Crippen LogP contribution is -2.13. The molecule has 1 aromatic carbocycles. The Kier molecular flexibility index (Phi) is 2.95. The van der Waals surface area contributed by atoms with E-state index in [1.807, 2.05) is 31.2 Å². The first-order valence-corrected chi connectivity index (χ1v) is 5.78. The molecule has 0 aliphatic carbocycles. The van der Waals surface area contributed by atoms with Gasteiger partial charge in [-0.05, 0) is 53.8 Å². The van der Waals surface area contributed by atoms with E-state index in [4.69, 9.17) is 5.73 Å². The van der Waals surface area contributed by atoms with Crippen LogP contribution < -0.4 is 5.73 Å². The molecule has 0 bridgehead atoms. The third kappa shape index (κ3) is 2.08. The molecule has 2 rings (SSSR count). The number of rotatable bonds is 2. The second-order valence-electron chi connectivity index (χ2n) is 3.45. The molecule has 5 heteroatoms. The summed E-state index contributed by atoms with van der Waals surface area (Å²) in [5.74, 6) is -0.498. The van der Waals surface area contributed by atoms with Crippen molar-refractivity contribution in [3.05, 3.63) is 45.3 Å². The molecule has 1 amide bonds. The molecule has 2 aromatic rings. The summed E-state index contributed by atoms with van der Waals surface area (Å²) in [6, 6.07) is 7.85. The Hall–Kier alpha value is -1.37. The largest absolute Gasteiger partial charge is 0.364 e. The first kappa shape index (κ1) is 11.1. The summed E-state index contributed by atoms with van der Waals surface area (Å²) in [6.45, 7) is 1.82. The third-order valence-electron chi connectivity index (χ3n) is 2.22. The van der Waals surface area contributed by atoms with Gasteiger partial charge in [0.05, 0.1) is 5.69 Å². The van der Waals surface area contributed by atoms with Gasteiger partial charge in [0, 0.05) is 15.3 Å². The molecule has 1 heterocycles. The molecule has 1 aromatic heterocycles. The van der Waals surface area contributed by atoms with E-state index in [0.29, 0.717) is 5.69 Å². The molecule has 0 spiro atoms. The van der Waals surface area contributed by atoms with Crippen LogP contribution in [0.15, 0.2) is 30.5 Å². The Bertz CT molecular complexity index is 531. The fraction of sp³-hybridized carbons (Fsp3) is 0.0909. The van der Waals surface area contributed by atoms with E-state index >= 15 is 0 Å². The normalized spacial score (nSPS) is 10.4. The smallest absolute Gasteiger partial charge is 0.269 e. The van der Waals surface area contributed by atoms with E-state index in [1.54, 1.807) is 10.9 Å². The van der Waals surface area contributed by atoms with Gasteiger partial charge < -0.3 is 5.73 Å². The zero-order chi connectivity index (χ0) is 11.7. The van der Waals surface area contributed by atoms with Crippen LogP contribution in [0.2, 0.25) is 0 Å². The molecule has 0 aliphatic rings. The molecule has 2 N–H and O–H groups in total. The predicted molar refractivity (Wildman–Crippen MR) is 69.5 cm³/mol. The molecule has 0 fully saturated rings. The molecule has 0 radical (unpaired) electrons. The van der Waals surface area contributed by atoms with E-state index in [2.05, 4.69) is 27.7 Å². The summed E-state index contributed by atoms with van der Waals surface area (Å²) < 4.78 is 2.81. The first-order valence-electron chi connectivity index (χ1n) is 4.70. The number of aromatic nitrogens is 2. The number of amides is 1. The van der Waals surface area contributed by atoms with Crippen LogP contribution in [0.3, 0.4) is 0 Å². The van der Waals surface area contributed by atoms with Crippen molar-refractivity contribution < 1.29 is 4.79 Å². The number of benzene rings is 1. The third-order valence-corrected chi connectivity index (χ3v) is 2.94. The summed E-state index contributed by atoms with van der Waals surface area (Å²) >= 11 is 2.23. The minimum Gasteiger partial charge on any atom is -0.364 e. The average molecular weight is 327 g/mol. The van der Waals surface area contributed by atoms with Crippen LogP contribution in [0, 0.1) is 10.5 Å². The monoisotopic (exact) mass is 327 g/mol. The highest BCUT2D eigenvalue weighted by Gasteiger charge is 2.10. The summed E-state index contributed by atoms with van der Waals surface area (Å²) in [5.41, 5.74) is 7.23. The Labute approximate surface area is 107 Å². The fourth-order valence-corrected chi connectivity index (χ4v) is 1.79. The number of hydrogen-bond donors (Lipinski definition) is 1. The van der Waals surface area contributed by atoms with Crippen LogP contribution in [0.4, 0.5) is 0 Å². The first-order chi connectivity index (χ1) is 7.58. The average Bonchev–Trinajstić information content (AvgIpc) is 2.61. The van der Waals surface area contributed by atoms with Crippen molar-refractivity contribution in [2.24, 2.45) is 5.73 Å². The predicted octanol–water partition coefficient (Wildman–Crippen LogP) is 1.88. The van der Waals surface area contributed by atoms with E-state index in [-0.39, 0.29) is 0 Å². The van der Waals surface area contributed by atoms with Crippen LogP contribution in [-0.2, 0) is 0 Å². The second-order valence-corrected chi connectivity index (χ2v) is 4.69. The lowest BCUT2D eigenvalue weighted by atomic mass is 10.3. The molecule has 4 nitrogen and oxygen atoms in total. The van der Waals surface area contributed by atoms with E-state index in [0.717, 1.165) is 14.8 Å². The van der Waals surface area contributed by atoms with E-state index in [9.17, 15) is 4.79 Å². The fourth-order valence-electron chi connectivity index (χ4n) is 1.43. The van der Waals surface area contributed by atoms with Crippen molar-refractivity contribution in [1.82, 2.24) is 9.78 Å². The number of carbonyl (C=O) groups excluding carboxylic acids is 1. The molecule has 0 atom stereocenters. The molecule has 0 saturated heterocycles. The van der Waals surface area contributed by atoms with Crippen molar-refractivity contribution >= 4 is 28.5 Å². The van der Waals surface area contributed by atoms with Gasteiger partial charge in [-0.3, -0.25) is 4.79 Å². The van der Waals surface area contributed by atoms with Crippen molar-refractivity contribution in [1.29, 1.82) is 0 Å². The summed E-state index contributed by atoms with van der Waals surface area (Å²) in [5, 5.41) is 4.15. The number of carbonyl (C=O) groups is 1. The quantitative estimate of drug-likeness (QED) is 0.856. The SMILES string of the molecule is Cc1cn(-c2ccc(I)cc2)nc1C(N)=O. The van der Waals surface area contributed by atoms with Crippen LogP contribution >= 0.6 is 22.6 Å². The lowest BCUT2D eigenvalue weighted by Gasteiger charge is -2.00. The van der Waals surface area contributed by atoms with Crippen molar-refractivity contribution in [3.8, 4) is 5.69 Å². The van der Waals surface area contributed by atoms with Gasteiger partial charge in [0.25, 0.3) is 5.91 Å². The van der Waals surface area contributed by atoms with Crippen LogP contribution in [0.1, 0.15) is 16.1 Å². The molecular formula is C11H10IN3O. The molecule has 82 valence electrons. The number of nitrogens with two attached hydrogens (primary N) is 1. The van der Waals surface area contributed by atoms with Gasteiger partial charge in [-0.1, -0.05) is 0 Å². The Morgan fingerprint density at radius 3 is 2.50 bits per heavy atom. The number of primary amides is 1. The summed E-state index contributed by atoms with van der Waals surface area (Å²) in [7, 11) is 0. The standard InChI is InChI=1S/C11H10IN3O/c1-7-6-15(14-10(7)11(13)16)9-4-2-8(12)3-5-9/h2-6H,1H3,(H2,13,16). The van der Waals surface area contributed by atoms with E-state index in [1.165, 1.54) is 0 Å². The van der Waals surface area contributed by atoms with Gasteiger partial charge in [-0.15, -0.1) is 0 Å². The number of nitrogens with zero attached hydrogens (tertiary/aromatic N) is 2. The Balaban J connectivity index is 2.45. The zero-order valence-corrected chi connectivity index (χ0v) is 10.8. The van der Waals surface area contributed by atoms with E-state index < -0.39 is 5.91 Å². The summed E-state index contributed by atoms with van der Waals surface area (Å²) in [4.78, 5) is 11.1. The maximum atomic E-state index is 11.1. The number of aryl methyl sites for hydroxylation is 1. The maximum Gasteiger partial charge on any atom is 0.269 e. The highest BCUT2D eigenvalue weighted by Crippen LogP contribution is 2.13. The van der Waals surface area contributed by atoms with Crippen molar-refractivity contribution in [2.75, 3.05) is 0 Å². The molecule has 0 unspecified atom stereocenters. The van der Waals surface area contributed by atoms with Crippen LogP contribution in [-0.4, -0.2) is 15.7 Å². The van der Waals surface area contributed by atoms with Gasteiger partial charge in [-0.2, -0.15) is 5.10 Å². The lowest BCUT2D eigenvalue weighted by molar-refractivity contribution is 0.0994. The van der Waals surface area contributed by atoms with Crippen LogP contribution in [0.25, 0.3) is 5.69 Å². The minimum atomic E-state index is -0.498. The highest BCUT2D eigenvalue weighted by atomic mass is 127. The van der Waals surface area contributed by atoms with Crippen LogP contribution in [0.5, 0.6) is 0 Å². The topological polar surface area (TPSA) is 60.9 Å². The summed E-state index contributed by atoms with van der Waals surface area (Å²) in [6.07, 6.45) is 1.79. The van der Waals surface area contributed by atoms with Gasteiger partial charge in [0.15, 0.2) is 5.69 Å². The van der Waals surface area contributed by atoms with Gasteiger partial charge in [0.2, 0.25) is 0 Å². The van der Waals surface area contributed by atoms with Gasteiger partial charge in [-0.25, -0.2) is 4.68 Å². The number of halogens is 1. The Morgan fingerprint density at radius 1 is 1.38 bits per heavy atom. The second kappa shape index (κ2) is 4.25. The van der Waals surface area contributed by atoms with Gasteiger partial charge >= 0.3 is 0 Å².